The minimum absolute atomic E-state index is 0.558. The summed E-state index contributed by atoms with van der Waals surface area (Å²) in [5, 5.41) is 8.66. The van der Waals surface area contributed by atoms with E-state index in [4.69, 9.17) is 23.8 Å². The van der Waals surface area contributed by atoms with Crippen molar-refractivity contribution in [3.63, 3.8) is 0 Å². The zero-order valence-corrected chi connectivity index (χ0v) is 40.6. The number of hydrogen-bond acceptors (Lipinski definition) is 6. The highest BCUT2D eigenvalue weighted by Gasteiger charge is 2.26. The van der Waals surface area contributed by atoms with Crippen LogP contribution in [0.5, 0.6) is 0 Å². The summed E-state index contributed by atoms with van der Waals surface area (Å²) in [5.74, 6) is 1.74. The molecule has 8 nitrogen and oxygen atoms in total. The van der Waals surface area contributed by atoms with E-state index in [9.17, 15) is 0 Å². The molecule has 0 saturated carbocycles. The van der Waals surface area contributed by atoms with Gasteiger partial charge in [0.25, 0.3) is 0 Å². The molecular formula is C68H40N6O2. The van der Waals surface area contributed by atoms with E-state index in [-0.39, 0.29) is 0 Å². The van der Waals surface area contributed by atoms with Gasteiger partial charge in [-0.05, 0) is 102 Å². The minimum atomic E-state index is 0.558. The predicted octanol–water partition coefficient (Wildman–Crippen LogP) is 17.6. The minimum Gasteiger partial charge on any atom is -0.455 e. The molecule has 10 aromatic carbocycles. The third kappa shape index (κ3) is 6.37. The maximum Gasteiger partial charge on any atom is 0.164 e. The van der Waals surface area contributed by atoms with Crippen LogP contribution in [0.15, 0.2) is 252 Å². The molecule has 6 heterocycles. The molecule has 8 heteroatoms. The van der Waals surface area contributed by atoms with Crippen LogP contribution in [0.25, 0.3) is 155 Å². The summed E-state index contributed by atoms with van der Waals surface area (Å²) in [6, 6.07) is 80.8. The molecule has 0 radical (unpaired) electrons. The van der Waals surface area contributed by atoms with E-state index in [2.05, 4.69) is 172 Å². The van der Waals surface area contributed by atoms with E-state index < -0.39 is 0 Å². The van der Waals surface area contributed by atoms with Gasteiger partial charge in [-0.1, -0.05) is 140 Å². The fourth-order valence-electron chi connectivity index (χ4n) is 11.7. The van der Waals surface area contributed by atoms with Crippen LogP contribution in [-0.2, 0) is 0 Å². The van der Waals surface area contributed by atoms with Crippen molar-refractivity contribution in [1.29, 1.82) is 0 Å². The molecule has 0 aliphatic rings. The highest BCUT2D eigenvalue weighted by atomic mass is 16.3. The zero-order chi connectivity index (χ0) is 49.8. The summed E-state index contributed by atoms with van der Waals surface area (Å²) in [5.41, 5.74) is 16.3. The van der Waals surface area contributed by atoms with Crippen molar-refractivity contribution in [2.45, 2.75) is 0 Å². The lowest BCUT2D eigenvalue weighted by Crippen LogP contribution is -2.04. The van der Waals surface area contributed by atoms with Crippen LogP contribution in [0.4, 0.5) is 0 Å². The average molecular weight is 973 g/mol. The van der Waals surface area contributed by atoms with E-state index in [1.165, 1.54) is 0 Å². The standard InChI is InChI=1S/C68H40N6O2/c1-3-15-42(16-4-1)66-70-67(43-17-5-2-6-18-43)72-68(71-66)45-28-32-57(74-55-24-12-8-22-51(55)63-59(74)34-30-49-47-20-10-14-26-61(47)76-65(49)63)53(40-45)52-39-44(41-35-37-69-38-36-41)27-31-56(52)73-54-23-11-7-21-50(54)62-58(73)33-29-48-46-19-9-13-25-60(46)75-64(48)62/h1-40H. The molecular weight excluding hydrogens is 933 g/mol. The number of pyridine rings is 1. The second-order valence-corrected chi connectivity index (χ2v) is 19.3. The summed E-state index contributed by atoms with van der Waals surface area (Å²) in [6.07, 6.45) is 3.71. The molecule has 0 amide bonds. The number of benzene rings is 10. The van der Waals surface area contributed by atoms with Crippen molar-refractivity contribution in [1.82, 2.24) is 29.1 Å². The molecule has 16 aromatic rings. The van der Waals surface area contributed by atoms with Crippen molar-refractivity contribution >= 4 is 87.5 Å². The third-order valence-corrected chi connectivity index (χ3v) is 15.1. The topological polar surface area (TPSA) is 87.7 Å². The molecule has 16 rings (SSSR count). The van der Waals surface area contributed by atoms with Crippen LogP contribution in [0.2, 0.25) is 0 Å². The first-order valence-corrected chi connectivity index (χ1v) is 25.4. The Morgan fingerprint density at radius 2 is 0.711 bits per heavy atom. The van der Waals surface area contributed by atoms with Crippen molar-refractivity contribution in [3.8, 4) is 67.8 Å². The number of nitrogens with zero attached hydrogens (tertiary/aromatic N) is 6. The maximum atomic E-state index is 6.82. The van der Waals surface area contributed by atoms with Crippen LogP contribution in [-0.4, -0.2) is 29.1 Å². The number of furan rings is 2. The molecule has 0 N–H and O–H groups in total. The molecule has 0 aliphatic carbocycles. The fraction of sp³-hybridized carbons (Fsp3) is 0. The summed E-state index contributed by atoms with van der Waals surface area (Å²) in [7, 11) is 0. The number of rotatable bonds is 7. The fourth-order valence-corrected chi connectivity index (χ4v) is 11.7. The first-order valence-electron chi connectivity index (χ1n) is 25.4. The largest absolute Gasteiger partial charge is 0.455 e. The van der Waals surface area contributed by atoms with Crippen LogP contribution in [0.1, 0.15) is 0 Å². The quantitative estimate of drug-likeness (QED) is 0.158. The van der Waals surface area contributed by atoms with Crippen LogP contribution < -0.4 is 0 Å². The Balaban J connectivity index is 1.04. The lowest BCUT2D eigenvalue weighted by Gasteiger charge is -2.21. The van der Waals surface area contributed by atoms with Crippen molar-refractivity contribution in [3.05, 3.63) is 243 Å². The van der Waals surface area contributed by atoms with Crippen LogP contribution in [0, 0.1) is 0 Å². The monoisotopic (exact) mass is 972 g/mol. The highest BCUT2D eigenvalue weighted by Crippen LogP contribution is 2.47. The highest BCUT2D eigenvalue weighted by molar-refractivity contribution is 6.25. The average Bonchev–Trinajstić information content (AvgIpc) is 4.34. The lowest BCUT2D eigenvalue weighted by atomic mass is 9.94. The van der Waals surface area contributed by atoms with Gasteiger partial charge in [0.2, 0.25) is 0 Å². The second-order valence-electron chi connectivity index (χ2n) is 19.3. The molecule has 354 valence electrons. The van der Waals surface area contributed by atoms with Gasteiger partial charge in [-0.15, -0.1) is 0 Å². The molecule has 0 saturated heterocycles. The molecule has 0 unspecified atom stereocenters. The van der Waals surface area contributed by atoms with E-state index >= 15 is 0 Å². The number of para-hydroxylation sites is 4. The summed E-state index contributed by atoms with van der Waals surface area (Å²) >= 11 is 0. The Morgan fingerprint density at radius 1 is 0.289 bits per heavy atom. The normalized spacial score (nSPS) is 11.9. The predicted molar refractivity (Wildman–Crippen MR) is 308 cm³/mol. The smallest absolute Gasteiger partial charge is 0.164 e. The maximum absolute atomic E-state index is 6.82. The Labute approximate surface area is 434 Å². The molecule has 0 fully saturated rings. The van der Waals surface area contributed by atoms with E-state index in [0.29, 0.717) is 17.5 Å². The van der Waals surface area contributed by atoms with Crippen molar-refractivity contribution in [2.24, 2.45) is 0 Å². The SMILES string of the molecule is c1ccc(-c2nc(-c3ccccc3)nc(-c3ccc(-n4c5ccccc5c5c6oc7ccccc7c6ccc54)c(-c4cc(-c5ccncc5)ccc4-n4c5ccccc5c5c6oc7ccccc7c6ccc54)c3)n2)cc1. The zero-order valence-electron chi connectivity index (χ0n) is 40.6. The molecule has 0 aliphatic heterocycles. The first kappa shape index (κ1) is 42.1. The third-order valence-electron chi connectivity index (χ3n) is 15.1. The van der Waals surface area contributed by atoms with Gasteiger partial charge < -0.3 is 18.0 Å². The van der Waals surface area contributed by atoms with Gasteiger partial charge in [-0.2, -0.15) is 0 Å². The Morgan fingerprint density at radius 3 is 1.22 bits per heavy atom. The van der Waals surface area contributed by atoms with Gasteiger partial charge in [0.05, 0.1) is 44.2 Å². The molecule has 0 atom stereocenters. The van der Waals surface area contributed by atoms with E-state index in [1.54, 1.807) is 0 Å². The van der Waals surface area contributed by atoms with Crippen molar-refractivity contribution in [2.75, 3.05) is 0 Å². The second kappa shape index (κ2) is 16.5. The number of fused-ring (bicyclic) bond motifs is 14. The Kier molecular flexibility index (Phi) is 9.17. The first-order chi connectivity index (χ1) is 37.7. The van der Waals surface area contributed by atoms with Gasteiger partial charge in [0.1, 0.15) is 22.3 Å². The van der Waals surface area contributed by atoms with Gasteiger partial charge in [0, 0.05) is 72.5 Å². The molecule has 0 bridgehead atoms. The van der Waals surface area contributed by atoms with E-state index in [0.717, 1.165) is 138 Å². The molecule has 76 heavy (non-hydrogen) atoms. The number of hydrogen-bond donors (Lipinski definition) is 0. The Hall–Kier alpha value is -10.4. The van der Waals surface area contributed by atoms with Crippen molar-refractivity contribution < 1.29 is 8.83 Å². The summed E-state index contributed by atoms with van der Waals surface area (Å²) in [4.78, 5) is 20.1. The van der Waals surface area contributed by atoms with Gasteiger partial charge in [-0.3, -0.25) is 4.98 Å². The van der Waals surface area contributed by atoms with Gasteiger partial charge >= 0.3 is 0 Å². The molecule has 6 aromatic heterocycles. The Bertz CT molecular complexity index is 4940. The van der Waals surface area contributed by atoms with Gasteiger partial charge in [0.15, 0.2) is 17.5 Å². The molecule has 0 spiro atoms. The van der Waals surface area contributed by atoms with Gasteiger partial charge in [-0.25, -0.2) is 15.0 Å². The lowest BCUT2D eigenvalue weighted by molar-refractivity contribution is 0.672. The number of aromatic nitrogens is 6. The van der Waals surface area contributed by atoms with Crippen LogP contribution >= 0.6 is 0 Å². The van der Waals surface area contributed by atoms with Crippen LogP contribution in [0.3, 0.4) is 0 Å². The van der Waals surface area contributed by atoms with E-state index in [1.807, 2.05) is 85.2 Å². The summed E-state index contributed by atoms with van der Waals surface area (Å²) in [6.45, 7) is 0. The summed E-state index contributed by atoms with van der Waals surface area (Å²) < 4.78 is 18.4.